The SMILES string of the molecule is CC(C)NC(=NCC1CCS(=O)(=O)C1)N1CCC(C(C)O)C1.I. The fraction of sp³-hybridized carbons (Fsp3) is 0.933. The fourth-order valence-corrected chi connectivity index (χ4v) is 4.95. The van der Waals surface area contributed by atoms with E-state index in [1.54, 1.807) is 0 Å². The Morgan fingerprint density at radius 1 is 1.35 bits per heavy atom. The fourth-order valence-electron chi connectivity index (χ4n) is 3.10. The Hall–Kier alpha value is -0.0900. The van der Waals surface area contributed by atoms with Crippen LogP contribution in [0.4, 0.5) is 0 Å². The number of hydrogen-bond donors (Lipinski definition) is 2. The third-order valence-electron chi connectivity index (χ3n) is 4.45. The summed E-state index contributed by atoms with van der Waals surface area (Å²) in [5, 5.41) is 13.1. The van der Waals surface area contributed by atoms with Crippen molar-refractivity contribution in [1.29, 1.82) is 0 Å². The lowest BCUT2D eigenvalue weighted by Gasteiger charge is -2.25. The first-order chi connectivity index (χ1) is 10.3. The van der Waals surface area contributed by atoms with E-state index in [-0.39, 0.29) is 53.7 Å². The molecule has 2 rings (SSSR count). The largest absolute Gasteiger partial charge is 0.393 e. The van der Waals surface area contributed by atoms with Crippen LogP contribution in [0.25, 0.3) is 0 Å². The molecule has 136 valence electrons. The van der Waals surface area contributed by atoms with Gasteiger partial charge >= 0.3 is 0 Å². The molecule has 23 heavy (non-hydrogen) atoms. The Bertz CT molecular complexity index is 508. The van der Waals surface area contributed by atoms with Crippen molar-refractivity contribution < 1.29 is 13.5 Å². The molecule has 0 aromatic heterocycles. The summed E-state index contributed by atoms with van der Waals surface area (Å²) in [7, 11) is -2.84. The van der Waals surface area contributed by atoms with Gasteiger partial charge in [0.25, 0.3) is 0 Å². The Balaban J connectivity index is 0.00000264. The summed E-state index contributed by atoms with van der Waals surface area (Å²) in [4.78, 5) is 6.85. The van der Waals surface area contributed by atoms with Crippen LogP contribution in [0.3, 0.4) is 0 Å². The number of guanidine groups is 1. The van der Waals surface area contributed by atoms with E-state index in [0.29, 0.717) is 12.3 Å². The number of aliphatic imine (C=N–C) groups is 1. The molecule has 0 amide bonds. The molecule has 0 aromatic carbocycles. The Morgan fingerprint density at radius 3 is 2.52 bits per heavy atom. The summed E-state index contributed by atoms with van der Waals surface area (Å²) < 4.78 is 23.1. The van der Waals surface area contributed by atoms with Gasteiger partial charge in [-0.15, -0.1) is 24.0 Å². The van der Waals surface area contributed by atoms with E-state index in [4.69, 9.17) is 0 Å². The third kappa shape index (κ3) is 6.38. The molecule has 6 nitrogen and oxygen atoms in total. The van der Waals surface area contributed by atoms with Gasteiger partial charge in [-0.1, -0.05) is 0 Å². The lowest BCUT2D eigenvalue weighted by atomic mass is 10.0. The molecule has 2 heterocycles. The van der Waals surface area contributed by atoms with Crippen LogP contribution in [0.2, 0.25) is 0 Å². The van der Waals surface area contributed by atoms with Crippen LogP contribution >= 0.6 is 24.0 Å². The molecule has 3 unspecified atom stereocenters. The van der Waals surface area contributed by atoms with Crippen LogP contribution < -0.4 is 5.32 Å². The van der Waals surface area contributed by atoms with Gasteiger partial charge in [-0.05, 0) is 39.5 Å². The molecule has 2 aliphatic rings. The minimum atomic E-state index is -2.84. The van der Waals surface area contributed by atoms with E-state index < -0.39 is 9.84 Å². The van der Waals surface area contributed by atoms with E-state index in [0.717, 1.165) is 31.9 Å². The number of aliphatic hydroxyl groups excluding tert-OH is 1. The van der Waals surface area contributed by atoms with Crippen molar-refractivity contribution in [2.75, 3.05) is 31.1 Å². The molecular formula is C15H30IN3O3S. The maximum absolute atomic E-state index is 11.5. The monoisotopic (exact) mass is 459 g/mol. The van der Waals surface area contributed by atoms with Crippen molar-refractivity contribution >= 4 is 39.8 Å². The van der Waals surface area contributed by atoms with Crippen LogP contribution in [0.15, 0.2) is 4.99 Å². The minimum absolute atomic E-state index is 0. The van der Waals surface area contributed by atoms with Gasteiger partial charge in [-0.2, -0.15) is 0 Å². The summed E-state index contributed by atoms with van der Waals surface area (Å²) >= 11 is 0. The summed E-state index contributed by atoms with van der Waals surface area (Å²) in [6, 6.07) is 0.275. The smallest absolute Gasteiger partial charge is 0.194 e. The highest BCUT2D eigenvalue weighted by Gasteiger charge is 2.30. The number of aliphatic hydroxyl groups is 1. The predicted octanol–water partition coefficient (Wildman–Crippen LogP) is 1.10. The summed E-state index contributed by atoms with van der Waals surface area (Å²) in [6.07, 6.45) is 1.39. The van der Waals surface area contributed by atoms with Crippen molar-refractivity contribution in [1.82, 2.24) is 10.2 Å². The van der Waals surface area contributed by atoms with E-state index in [1.165, 1.54) is 0 Å². The van der Waals surface area contributed by atoms with E-state index in [2.05, 4.69) is 29.1 Å². The van der Waals surface area contributed by atoms with Crippen LogP contribution in [-0.4, -0.2) is 67.7 Å². The van der Waals surface area contributed by atoms with Crippen LogP contribution in [-0.2, 0) is 9.84 Å². The van der Waals surface area contributed by atoms with Gasteiger partial charge in [0.1, 0.15) is 0 Å². The quantitative estimate of drug-likeness (QED) is 0.374. The van der Waals surface area contributed by atoms with Gasteiger partial charge in [0.05, 0.1) is 17.6 Å². The molecule has 0 bridgehead atoms. The van der Waals surface area contributed by atoms with Gasteiger partial charge in [-0.25, -0.2) is 8.42 Å². The Kier molecular flexibility index (Phi) is 8.06. The summed E-state index contributed by atoms with van der Waals surface area (Å²) in [5.74, 6) is 1.84. The van der Waals surface area contributed by atoms with Crippen molar-refractivity contribution in [3.8, 4) is 0 Å². The molecule has 8 heteroatoms. The second kappa shape index (κ2) is 8.84. The van der Waals surface area contributed by atoms with Gasteiger partial charge in [-0.3, -0.25) is 4.99 Å². The van der Waals surface area contributed by atoms with E-state index in [9.17, 15) is 13.5 Å². The Labute approximate surface area is 157 Å². The highest BCUT2D eigenvalue weighted by molar-refractivity contribution is 14.0. The number of nitrogens with one attached hydrogen (secondary N) is 1. The van der Waals surface area contributed by atoms with E-state index >= 15 is 0 Å². The molecule has 3 atom stereocenters. The molecule has 0 saturated carbocycles. The van der Waals surface area contributed by atoms with Crippen LogP contribution in [0.5, 0.6) is 0 Å². The standard InChI is InChI=1S/C15H29N3O3S.HI/c1-11(2)17-15(18-6-4-14(9-18)12(3)19)16-8-13-5-7-22(20,21)10-13;/h11-14,19H,4-10H2,1-3H3,(H,16,17);1H. The lowest BCUT2D eigenvalue weighted by Crippen LogP contribution is -2.44. The topological polar surface area (TPSA) is 82.0 Å². The zero-order valence-electron chi connectivity index (χ0n) is 14.2. The second-order valence-corrected chi connectivity index (χ2v) is 9.20. The third-order valence-corrected chi connectivity index (χ3v) is 6.29. The summed E-state index contributed by atoms with van der Waals surface area (Å²) in [6.45, 7) is 8.22. The highest BCUT2D eigenvalue weighted by Crippen LogP contribution is 2.21. The number of hydrogen-bond acceptors (Lipinski definition) is 4. The number of halogens is 1. The number of sulfone groups is 1. The molecular weight excluding hydrogens is 429 g/mol. The minimum Gasteiger partial charge on any atom is -0.393 e. The van der Waals surface area contributed by atoms with E-state index in [1.807, 2.05) is 6.92 Å². The molecule has 2 aliphatic heterocycles. The average molecular weight is 459 g/mol. The first-order valence-electron chi connectivity index (χ1n) is 8.21. The molecule has 2 saturated heterocycles. The molecule has 0 radical (unpaired) electrons. The zero-order valence-corrected chi connectivity index (χ0v) is 17.4. The van der Waals surface area contributed by atoms with Gasteiger partial charge in [0, 0.05) is 31.6 Å². The average Bonchev–Trinajstić information content (AvgIpc) is 3.00. The van der Waals surface area contributed by atoms with Crippen molar-refractivity contribution in [3.63, 3.8) is 0 Å². The highest BCUT2D eigenvalue weighted by atomic mass is 127. The molecule has 2 fully saturated rings. The number of nitrogens with zero attached hydrogens (tertiary/aromatic N) is 2. The zero-order chi connectivity index (χ0) is 16.3. The van der Waals surface area contributed by atoms with Crippen molar-refractivity contribution in [2.45, 2.75) is 45.8 Å². The van der Waals surface area contributed by atoms with Crippen LogP contribution in [0.1, 0.15) is 33.6 Å². The van der Waals surface area contributed by atoms with Gasteiger partial charge in [0.15, 0.2) is 15.8 Å². The molecule has 0 aliphatic carbocycles. The second-order valence-electron chi connectivity index (χ2n) is 6.97. The predicted molar refractivity (Wildman–Crippen MR) is 104 cm³/mol. The molecule has 0 aromatic rings. The van der Waals surface area contributed by atoms with Crippen molar-refractivity contribution in [2.24, 2.45) is 16.8 Å². The first-order valence-corrected chi connectivity index (χ1v) is 10.0. The maximum atomic E-state index is 11.5. The summed E-state index contributed by atoms with van der Waals surface area (Å²) in [5.41, 5.74) is 0. The number of likely N-dealkylation sites (tertiary alicyclic amines) is 1. The lowest BCUT2D eigenvalue weighted by molar-refractivity contribution is 0.132. The Morgan fingerprint density at radius 2 is 2.04 bits per heavy atom. The van der Waals surface area contributed by atoms with Gasteiger partial charge < -0.3 is 15.3 Å². The van der Waals surface area contributed by atoms with Crippen LogP contribution in [0, 0.1) is 11.8 Å². The number of rotatable bonds is 4. The first kappa shape index (κ1) is 21.0. The van der Waals surface area contributed by atoms with Gasteiger partial charge in [0.2, 0.25) is 0 Å². The maximum Gasteiger partial charge on any atom is 0.194 e. The molecule has 0 spiro atoms. The molecule has 2 N–H and O–H groups in total. The van der Waals surface area contributed by atoms with Crippen molar-refractivity contribution in [3.05, 3.63) is 0 Å². The normalized spacial score (nSPS) is 28.7.